The Hall–Kier alpha value is -5.95. The standard InChI is InChI=1S/C36H31N5O2/c1-2-36(42)39-29-13-9-12-28(23-29)33-21-26(20-25-10-5-3-6-11-25)22-35(40-33)41-34(38)24-32(37)27-16-18-31(19-17-27)43-30-14-7-4-8-15-30/h2-19,21-24H,1,20,37H2,(H,39,42)(H2,38,40,41)/b32-24-. The Morgan fingerprint density at radius 1 is 0.814 bits per heavy atom. The molecule has 5 aromatic rings. The van der Waals surface area contributed by atoms with E-state index in [9.17, 15) is 4.79 Å². The first-order valence-corrected chi connectivity index (χ1v) is 13.7. The molecule has 5 rings (SSSR count). The van der Waals surface area contributed by atoms with Crippen LogP contribution in [0.25, 0.3) is 17.0 Å². The molecule has 43 heavy (non-hydrogen) atoms. The lowest BCUT2D eigenvalue weighted by Gasteiger charge is -2.12. The van der Waals surface area contributed by atoms with Crippen molar-refractivity contribution in [3.8, 4) is 22.8 Å². The first-order valence-electron chi connectivity index (χ1n) is 13.7. The van der Waals surface area contributed by atoms with Gasteiger partial charge in [-0.1, -0.05) is 67.2 Å². The van der Waals surface area contributed by atoms with Gasteiger partial charge in [-0.3, -0.25) is 10.2 Å². The molecule has 5 N–H and O–H groups in total. The highest BCUT2D eigenvalue weighted by atomic mass is 16.5. The summed E-state index contributed by atoms with van der Waals surface area (Å²) in [5.41, 5.74) is 11.9. The summed E-state index contributed by atoms with van der Waals surface area (Å²) in [6.07, 6.45) is 3.47. The molecular formula is C36H31N5O2. The molecule has 0 fully saturated rings. The molecule has 0 saturated carbocycles. The summed E-state index contributed by atoms with van der Waals surface area (Å²) >= 11 is 0. The van der Waals surface area contributed by atoms with Crippen molar-refractivity contribution < 1.29 is 9.53 Å². The molecule has 0 aliphatic rings. The van der Waals surface area contributed by atoms with Crippen LogP contribution < -0.4 is 21.1 Å². The van der Waals surface area contributed by atoms with Crippen LogP contribution in [-0.4, -0.2) is 16.7 Å². The second kappa shape index (κ2) is 13.6. The van der Waals surface area contributed by atoms with E-state index in [2.05, 4.69) is 29.3 Å². The minimum absolute atomic E-state index is 0.0874. The number of carbonyl (C=O) groups excluding carboxylic acids is 1. The van der Waals surface area contributed by atoms with Crippen LogP contribution in [0.4, 0.5) is 11.5 Å². The van der Waals surface area contributed by atoms with Crippen molar-refractivity contribution in [2.75, 3.05) is 10.6 Å². The molecule has 0 saturated heterocycles. The van der Waals surface area contributed by atoms with Crippen LogP contribution in [0.3, 0.4) is 0 Å². The van der Waals surface area contributed by atoms with Gasteiger partial charge in [0, 0.05) is 23.0 Å². The number of para-hydroxylation sites is 1. The van der Waals surface area contributed by atoms with E-state index < -0.39 is 0 Å². The van der Waals surface area contributed by atoms with Crippen molar-refractivity contribution in [2.24, 2.45) is 5.73 Å². The molecule has 1 aromatic heterocycles. The Kier molecular flexibility index (Phi) is 9.04. The maximum absolute atomic E-state index is 11.8. The molecule has 0 bridgehead atoms. The molecular weight excluding hydrogens is 534 g/mol. The summed E-state index contributed by atoms with van der Waals surface area (Å²) in [6.45, 7) is 3.51. The van der Waals surface area contributed by atoms with E-state index in [0.29, 0.717) is 35.1 Å². The minimum atomic E-state index is -0.290. The summed E-state index contributed by atoms with van der Waals surface area (Å²) in [5, 5.41) is 14.5. The molecule has 0 radical (unpaired) electrons. The highest BCUT2D eigenvalue weighted by molar-refractivity contribution is 6.05. The fourth-order valence-corrected chi connectivity index (χ4v) is 4.44. The van der Waals surface area contributed by atoms with Crippen LogP contribution in [0.1, 0.15) is 16.7 Å². The fraction of sp³-hybridized carbons (Fsp3) is 0.0278. The molecule has 1 amide bonds. The van der Waals surface area contributed by atoms with Crippen molar-refractivity contribution in [1.29, 1.82) is 5.41 Å². The van der Waals surface area contributed by atoms with E-state index in [0.717, 1.165) is 28.0 Å². The number of anilines is 2. The minimum Gasteiger partial charge on any atom is -0.457 e. The average molecular weight is 566 g/mol. The Labute approximate surface area is 250 Å². The highest BCUT2D eigenvalue weighted by Crippen LogP contribution is 2.26. The van der Waals surface area contributed by atoms with E-state index in [1.165, 1.54) is 6.08 Å². The van der Waals surface area contributed by atoms with Gasteiger partial charge in [0.2, 0.25) is 5.91 Å². The van der Waals surface area contributed by atoms with Crippen LogP contribution in [0.15, 0.2) is 140 Å². The van der Waals surface area contributed by atoms with Gasteiger partial charge in [-0.25, -0.2) is 4.98 Å². The molecule has 0 aliphatic heterocycles. The third-order valence-corrected chi connectivity index (χ3v) is 6.48. The average Bonchev–Trinajstić information content (AvgIpc) is 3.02. The van der Waals surface area contributed by atoms with E-state index >= 15 is 0 Å². The molecule has 7 nitrogen and oxygen atoms in total. The first-order chi connectivity index (χ1) is 20.9. The monoisotopic (exact) mass is 565 g/mol. The van der Waals surface area contributed by atoms with Crippen LogP contribution >= 0.6 is 0 Å². The second-order valence-corrected chi connectivity index (χ2v) is 9.76. The van der Waals surface area contributed by atoms with Crippen LogP contribution in [0.5, 0.6) is 11.5 Å². The topological polar surface area (TPSA) is 113 Å². The molecule has 212 valence electrons. The molecule has 0 atom stereocenters. The predicted octanol–water partition coefficient (Wildman–Crippen LogP) is 7.65. The van der Waals surface area contributed by atoms with Gasteiger partial charge < -0.3 is 21.1 Å². The van der Waals surface area contributed by atoms with Crippen molar-refractivity contribution in [2.45, 2.75) is 6.42 Å². The molecule has 7 heteroatoms. The third kappa shape index (κ3) is 8.05. The van der Waals surface area contributed by atoms with Crippen LogP contribution in [-0.2, 0) is 11.2 Å². The van der Waals surface area contributed by atoms with Gasteiger partial charge in [0.15, 0.2) is 0 Å². The van der Waals surface area contributed by atoms with Crippen molar-refractivity contribution in [1.82, 2.24) is 4.98 Å². The van der Waals surface area contributed by atoms with Gasteiger partial charge in [-0.2, -0.15) is 0 Å². The van der Waals surface area contributed by atoms with Gasteiger partial charge in [0.05, 0.1) is 5.69 Å². The number of ether oxygens (including phenoxy) is 1. The van der Waals surface area contributed by atoms with Gasteiger partial charge in [-0.05, 0) is 89.9 Å². The largest absolute Gasteiger partial charge is 0.457 e. The Bertz CT molecular complexity index is 1770. The van der Waals surface area contributed by atoms with Gasteiger partial charge in [0.1, 0.15) is 23.2 Å². The number of hydrogen-bond acceptors (Lipinski definition) is 5. The van der Waals surface area contributed by atoms with E-state index in [1.54, 1.807) is 6.08 Å². The number of nitrogens with two attached hydrogens (primary N) is 1. The maximum atomic E-state index is 11.8. The molecule has 0 aliphatic carbocycles. The highest BCUT2D eigenvalue weighted by Gasteiger charge is 2.10. The van der Waals surface area contributed by atoms with E-state index in [-0.39, 0.29) is 11.7 Å². The lowest BCUT2D eigenvalue weighted by atomic mass is 10.0. The number of amides is 1. The zero-order valence-corrected chi connectivity index (χ0v) is 23.5. The van der Waals surface area contributed by atoms with Crippen LogP contribution in [0, 0.1) is 5.41 Å². The molecule has 0 unspecified atom stereocenters. The second-order valence-electron chi connectivity index (χ2n) is 9.76. The molecule has 4 aromatic carbocycles. The number of carbonyl (C=O) groups is 1. The Morgan fingerprint density at radius 2 is 1.51 bits per heavy atom. The van der Waals surface area contributed by atoms with Gasteiger partial charge in [0.25, 0.3) is 0 Å². The van der Waals surface area contributed by atoms with Crippen molar-refractivity contribution in [3.63, 3.8) is 0 Å². The quantitative estimate of drug-likeness (QED) is 0.0789. The van der Waals surface area contributed by atoms with Crippen molar-refractivity contribution >= 4 is 28.9 Å². The number of pyridine rings is 1. The summed E-state index contributed by atoms with van der Waals surface area (Å²) in [5.74, 6) is 1.74. The van der Waals surface area contributed by atoms with Crippen LogP contribution in [0.2, 0.25) is 0 Å². The zero-order valence-electron chi connectivity index (χ0n) is 23.5. The number of rotatable bonds is 10. The van der Waals surface area contributed by atoms with Gasteiger partial charge in [-0.15, -0.1) is 0 Å². The predicted molar refractivity (Wildman–Crippen MR) is 174 cm³/mol. The number of hydrogen-bond donors (Lipinski definition) is 4. The Morgan fingerprint density at radius 3 is 2.23 bits per heavy atom. The van der Waals surface area contributed by atoms with Crippen molar-refractivity contribution in [3.05, 3.63) is 157 Å². The normalized spacial score (nSPS) is 10.9. The first kappa shape index (κ1) is 28.6. The summed E-state index contributed by atoms with van der Waals surface area (Å²) in [4.78, 5) is 16.6. The number of benzene rings is 4. The lowest BCUT2D eigenvalue weighted by molar-refractivity contribution is -0.111. The summed E-state index contributed by atoms with van der Waals surface area (Å²) in [6, 6.07) is 38.5. The number of aromatic nitrogens is 1. The number of amidine groups is 1. The Balaban J connectivity index is 1.37. The summed E-state index contributed by atoms with van der Waals surface area (Å²) < 4.78 is 5.86. The number of nitrogens with one attached hydrogen (secondary N) is 3. The zero-order chi connectivity index (χ0) is 30.0. The third-order valence-electron chi connectivity index (χ3n) is 6.48. The lowest BCUT2D eigenvalue weighted by Crippen LogP contribution is -2.12. The smallest absolute Gasteiger partial charge is 0.247 e. The summed E-state index contributed by atoms with van der Waals surface area (Å²) in [7, 11) is 0. The molecule has 1 heterocycles. The molecule has 0 spiro atoms. The SMILES string of the molecule is C=CC(=O)Nc1cccc(-c2cc(Cc3ccccc3)cc(NC(=N)/C=C(\N)c3ccc(Oc4ccccc4)cc3)n2)c1. The number of nitrogens with zero attached hydrogens (tertiary/aromatic N) is 1. The van der Waals surface area contributed by atoms with E-state index in [1.807, 2.05) is 109 Å². The maximum Gasteiger partial charge on any atom is 0.247 e. The van der Waals surface area contributed by atoms with E-state index in [4.69, 9.17) is 20.9 Å². The van der Waals surface area contributed by atoms with Gasteiger partial charge >= 0.3 is 0 Å². The fourth-order valence-electron chi connectivity index (χ4n) is 4.44.